The molecule has 0 aliphatic rings. The van der Waals surface area contributed by atoms with E-state index in [1.165, 1.54) is 25.7 Å². The average molecular weight is 219 g/mol. The SMILES string of the molecule is CCCCCC(C)NCCCS(C)=O. The summed E-state index contributed by atoms with van der Waals surface area (Å²) in [7, 11) is -0.627. The zero-order chi connectivity index (χ0) is 10.8. The van der Waals surface area contributed by atoms with Gasteiger partial charge in [0.2, 0.25) is 0 Å². The van der Waals surface area contributed by atoms with Crippen molar-refractivity contribution >= 4 is 10.8 Å². The van der Waals surface area contributed by atoms with Gasteiger partial charge in [0.15, 0.2) is 0 Å². The standard InChI is InChI=1S/C11H25NOS/c1-4-5-6-8-11(2)12-9-7-10-14(3)13/h11-12H,4-10H2,1-3H3. The topological polar surface area (TPSA) is 29.1 Å². The van der Waals surface area contributed by atoms with E-state index in [1.54, 1.807) is 6.26 Å². The monoisotopic (exact) mass is 219 g/mol. The number of rotatable bonds is 9. The Balaban J connectivity index is 3.18. The van der Waals surface area contributed by atoms with Crippen LogP contribution < -0.4 is 5.32 Å². The van der Waals surface area contributed by atoms with Crippen LogP contribution in [-0.2, 0) is 10.8 Å². The molecule has 2 unspecified atom stereocenters. The number of hydrogen-bond acceptors (Lipinski definition) is 2. The Kier molecular flexibility index (Phi) is 9.73. The lowest BCUT2D eigenvalue weighted by molar-refractivity contribution is 0.488. The molecule has 0 spiro atoms. The lowest BCUT2D eigenvalue weighted by Crippen LogP contribution is -2.27. The van der Waals surface area contributed by atoms with Crippen LogP contribution in [0.2, 0.25) is 0 Å². The largest absolute Gasteiger partial charge is 0.314 e. The first-order chi connectivity index (χ1) is 6.66. The molecule has 0 rings (SSSR count). The van der Waals surface area contributed by atoms with Gasteiger partial charge in [0.05, 0.1) is 0 Å². The van der Waals surface area contributed by atoms with Crippen LogP contribution in [0.3, 0.4) is 0 Å². The van der Waals surface area contributed by atoms with Crippen LogP contribution in [0.5, 0.6) is 0 Å². The summed E-state index contributed by atoms with van der Waals surface area (Å²) >= 11 is 0. The van der Waals surface area contributed by atoms with Crippen molar-refractivity contribution in [2.24, 2.45) is 0 Å². The predicted octanol–water partition coefficient (Wildman–Crippen LogP) is 2.31. The van der Waals surface area contributed by atoms with Gasteiger partial charge in [-0.1, -0.05) is 26.2 Å². The van der Waals surface area contributed by atoms with Crippen LogP contribution in [0, 0.1) is 0 Å². The normalized spacial score (nSPS) is 15.4. The molecule has 86 valence electrons. The van der Waals surface area contributed by atoms with E-state index in [4.69, 9.17) is 0 Å². The molecule has 14 heavy (non-hydrogen) atoms. The Bertz CT molecular complexity index is 150. The van der Waals surface area contributed by atoms with Crippen molar-refractivity contribution in [2.75, 3.05) is 18.6 Å². The fraction of sp³-hybridized carbons (Fsp3) is 1.00. The van der Waals surface area contributed by atoms with Gasteiger partial charge in [-0.25, -0.2) is 0 Å². The first-order valence-corrected chi connectivity index (χ1v) is 7.43. The molecule has 0 radical (unpaired) electrons. The highest BCUT2D eigenvalue weighted by Gasteiger charge is 2.00. The fourth-order valence-corrected chi connectivity index (χ4v) is 1.98. The van der Waals surface area contributed by atoms with Crippen molar-refractivity contribution in [3.05, 3.63) is 0 Å². The van der Waals surface area contributed by atoms with Crippen LogP contribution in [-0.4, -0.2) is 28.8 Å². The number of hydrogen-bond donors (Lipinski definition) is 1. The molecule has 0 fully saturated rings. The van der Waals surface area contributed by atoms with E-state index in [9.17, 15) is 4.21 Å². The van der Waals surface area contributed by atoms with Gasteiger partial charge < -0.3 is 5.32 Å². The molecular formula is C11H25NOS. The minimum Gasteiger partial charge on any atom is -0.314 e. The molecule has 0 bridgehead atoms. The Hall–Kier alpha value is 0.110. The Morgan fingerprint density at radius 3 is 2.57 bits per heavy atom. The Morgan fingerprint density at radius 1 is 1.29 bits per heavy atom. The van der Waals surface area contributed by atoms with Crippen LogP contribution in [0.15, 0.2) is 0 Å². The van der Waals surface area contributed by atoms with Gasteiger partial charge in [-0.3, -0.25) is 4.21 Å². The van der Waals surface area contributed by atoms with Gasteiger partial charge >= 0.3 is 0 Å². The fourth-order valence-electron chi connectivity index (χ4n) is 1.43. The predicted molar refractivity (Wildman–Crippen MR) is 65.2 cm³/mol. The summed E-state index contributed by atoms with van der Waals surface area (Å²) in [5, 5.41) is 3.46. The first kappa shape index (κ1) is 14.1. The van der Waals surface area contributed by atoms with E-state index in [0.29, 0.717) is 6.04 Å². The third-order valence-corrected chi connectivity index (χ3v) is 3.21. The van der Waals surface area contributed by atoms with E-state index >= 15 is 0 Å². The first-order valence-electron chi connectivity index (χ1n) is 5.70. The smallest absolute Gasteiger partial charge is 0.0244 e. The van der Waals surface area contributed by atoms with Gasteiger partial charge in [-0.05, 0) is 26.3 Å². The van der Waals surface area contributed by atoms with Crippen LogP contribution in [0.1, 0.15) is 46.0 Å². The summed E-state index contributed by atoms with van der Waals surface area (Å²) < 4.78 is 10.8. The summed E-state index contributed by atoms with van der Waals surface area (Å²) in [6.45, 7) is 5.47. The molecule has 0 saturated heterocycles. The summed E-state index contributed by atoms with van der Waals surface area (Å²) in [4.78, 5) is 0. The highest BCUT2D eigenvalue weighted by molar-refractivity contribution is 7.84. The van der Waals surface area contributed by atoms with Crippen molar-refractivity contribution < 1.29 is 4.21 Å². The maximum atomic E-state index is 10.8. The summed E-state index contributed by atoms with van der Waals surface area (Å²) in [5.74, 6) is 0.828. The second-order valence-corrected chi connectivity index (χ2v) is 5.54. The third-order valence-electron chi connectivity index (χ3n) is 2.34. The summed E-state index contributed by atoms with van der Waals surface area (Å²) in [6.07, 6.45) is 8.02. The third kappa shape index (κ3) is 10.2. The molecule has 0 aliphatic carbocycles. The van der Waals surface area contributed by atoms with Crippen molar-refractivity contribution in [3.8, 4) is 0 Å². The van der Waals surface area contributed by atoms with Crippen LogP contribution in [0.25, 0.3) is 0 Å². The second kappa shape index (κ2) is 9.66. The quantitative estimate of drug-likeness (QED) is 0.603. The molecule has 3 heteroatoms. The lowest BCUT2D eigenvalue weighted by Gasteiger charge is -2.12. The molecular weight excluding hydrogens is 194 g/mol. The van der Waals surface area contributed by atoms with Crippen molar-refractivity contribution in [1.29, 1.82) is 0 Å². The zero-order valence-electron chi connectivity index (χ0n) is 9.84. The van der Waals surface area contributed by atoms with Gasteiger partial charge in [0.25, 0.3) is 0 Å². The molecule has 0 aromatic heterocycles. The molecule has 2 nitrogen and oxygen atoms in total. The van der Waals surface area contributed by atoms with E-state index in [0.717, 1.165) is 18.7 Å². The molecule has 0 heterocycles. The van der Waals surface area contributed by atoms with E-state index in [-0.39, 0.29) is 0 Å². The van der Waals surface area contributed by atoms with Crippen molar-refractivity contribution in [1.82, 2.24) is 5.32 Å². The second-order valence-electron chi connectivity index (χ2n) is 3.98. The van der Waals surface area contributed by atoms with Crippen LogP contribution >= 0.6 is 0 Å². The zero-order valence-corrected chi connectivity index (χ0v) is 10.7. The molecule has 0 aliphatic heterocycles. The lowest BCUT2D eigenvalue weighted by atomic mass is 10.1. The highest BCUT2D eigenvalue weighted by atomic mass is 32.2. The van der Waals surface area contributed by atoms with E-state index < -0.39 is 10.8 Å². The number of nitrogens with one attached hydrogen (secondary N) is 1. The van der Waals surface area contributed by atoms with Crippen molar-refractivity contribution in [2.45, 2.75) is 52.0 Å². The Labute approximate surface area is 91.3 Å². The van der Waals surface area contributed by atoms with Gasteiger partial charge in [-0.15, -0.1) is 0 Å². The molecule has 1 N–H and O–H groups in total. The summed E-state index contributed by atoms with van der Waals surface area (Å²) in [6, 6.07) is 0.617. The van der Waals surface area contributed by atoms with Gasteiger partial charge in [0, 0.05) is 28.9 Å². The molecule has 0 aromatic rings. The highest BCUT2D eigenvalue weighted by Crippen LogP contribution is 2.02. The minimum absolute atomic E-state index is 0.617. The molecule has 0 saturated carbocycles. The molecule has 0 amide bonds. The van der Waals surface area contributed by atoms with E-state index in [2.05, 4.69) is 19.2 Å². The maximum absolute atomic E-state index is 10.8. The molecule has 0 aromatic carbocycles. The van der Waals surface area contributed by atoms with E-state index in [1.807, 2.05) is 0 Å². The maximum Gasteiger partial charge on any atom is 0.0244 e. The van der Waals surface area contributed by atoms with Gasteiger partial charge in [0.1, 0.15) is 0 Å². The van der Waals surface area contributed by atoms with Crippen molar-refractivity contribution in [3.63, 3.8) is 0 Å². The number of unbranched alkanes of at least 4 members (excludes halogenated alkanes) is 2. The average Bonchev–Trinajstić information content (AvgIpc) is 2.13. The Morgan fingerprint density at radius 2 is 2.00 bits per heavy atom. The van der Waals surface area contributed by atoms with Crippen LogP contribution in [0.4, 0.5) is 0 Å². The molecule has 2 atom stereocenters. The minimum atomic E-state index is -0.627. The summed E-state index contributed by atoms with van der Waals surface area (Å²) in [5.41, 5.74) is 0. The van der Waals surface area contributed by atoms with Gasteiger partial charge in [-0.2, -0.15) is 0 Å².